The van der Waals surface area contributed by atoms with Crippen LogP contribution >= 0.6 is 0 Å². The van der Waals surface area contributed by atoms with Crippen molar-refractivity contribution in [2.45, 2.75) is 46.7 Å². The van der Waals surface area contributed by atoms with E-state index in [9.17, 15) is 0 Å². The third-order valence-corrected chi connectivity index (χ3v) is 2.65. The highest BCUT2D eigenvalue weighted by Gasteiger charge is 2.08. The van der Waals surface area contributed by atoms with Gasteiger partial charge in [-0.05, 0) is 45.8 Å². The third-order valence-electron chi connectivity index (χ3n) is 2.65. The predicted molar refractivity (Wildman–Crippen MR) is 80.7 cm³/mol. The minimum atomic E-state index is 0.422. The van der Waals surface area contributed by atoms with Gasteiger partial charge in [0, 0.05) is 18.3 Å². The van der Waals surface area contributed by atoms with Crippen LogP contribution in [0.25, 0.3) is 6.08 Å². The van der Waals surface area contributed by atoms with Crippen LogP contribution in [0.3, 0.4) is 0 Å². The summed E-state index contributed by atoms with van der Waals surface area (Å²) in [5.41, 5.74) is 2.37. The van der Waals surface area contributed by atoms with Crippen LogP contribution in [0.2, 0.25) is 0 Å². The van der Waals surface area contributed by atoms with Gasteiger partial charge in [-0.2, -0.15) is 5.10 Å². The number of rotatable bonds is 5. The number of allylic oxidation sites excluding steroid dienone is 1. The molecule has 0 amide bonds. The Balaban J connectivity index is 2.74. The Hall–Kier alpha value is -1.57. The smallest absolute Gasteiger partial charge is 0.0500 e. The molecule has 2 heteroatoms. The highest BCUT2D eigenvalue weighted by molar-refractivity contribution is 5.84. The first kappa shape index (κ1) is 14.5. The largest absolute Gasteiger partial charge is 0.292 e. The molecule has 1 aromatic carbocycles. The molecule has 2 nitrogen and oxygen atoms in total. The van der Waals surface area contributed by atoms with E-state index in [1.165, 1.54) is 5.56 Å². The summed E-state index contributed by atoms with van der Waals surface area (Å²) in [5, 5.41) is 6.67. The van der Waals surface area contributed by atoms with E-state index in [0.29, 0.717) is 12.1 Å². The maximum Gasteiger partial charge on any atom is 0.0500 e. The van der Waals surface area contributed by atoms with E-state index >= 15 is 0 Å². The molecule has 0 N–H and O–H groups in total. The second kappa shape index (κ2) is 7.00. The summed E-state index contributed by atoms with van der Waals surface area (Å²) in [6.07, 6.45) is 4.08. The summed E-state index contributed by atoms with van der Waals surface area (Å²) in [4.78, 5) is 0. The Morgan fingerprint density at radius 1 is 1.06 bits per heavy atom. The number of nitrogens with zero attached hydrogens (tertiary/aromatic N) is 2. The van der Waals surface area contributed by atoms with Crippen molar-refractivity contribution in [3.05, 3.63) is 41.5 Å². The van der Waals surface area contributed by atoms with Crippen LogP contribution in [-0.2, 0) is 0 Å². The van der Waals surface area contributed by atoms with Gasteiger partial charge in [0.1, 0.15) is 0 Å². The van der Waals surface area contributed by atoms with Crippen molar-refractivity contribution in [2.75, 3.05) is 0 Å². The fourth-order valence-electron chi connectivity index (χ4n) is 1.87. The van der Waals surface area contributed by atoms with Crippen molar-refractivity contribution in [3.63, 3.8) is 0 Å². The second-order valence-corrected chi connectivity index (χ2v) is 5.11. The Labute approximate surface area is 111 Å². The molecule has 0 heterocycles. The molecule has 1 rings (SSSR count). The number of hydrogen-bond donors (Lipinski definition) is 0. The molecular weight excluding hydrogens is 220 g/mol. The molecule has 0 saturated carbocycles. The zero-order valence-corrected chi connectivity index (χ0v) is 12.1. The molecule has 0 aliphatic rings. The summed E-state index contributed by atoms with van der Waals surface area (Å²) in [5.74, 6) is 0. The van der Waals surface area contributed by atoms with E-state index in [2.05, 4.69) is 62.9 Å². The van der Waals surface area contributed by atoms with Gasteiger partial charge in [-0.25, -0.2) is 0 Å². The lowest BCUT2D eigenvalue weighted by molar-refractivity contribution is 0.185. The van der Waals surface area contributed by atoms with E-state index < -0.39 is 0 Å². The Morgan fingerprint density at radius 3 is 2.11 bits per heavy atom. The molecule has 0 bridgehead atoms. The van der Waals surface area contributed by atoms with Crippen molar-refractivity contribution < 1.29 is 0 Å². The summed E-state index contributed by atoms with van der Waals surface area (Å²) < 4.78 is 0. The quantitative estimate of drug-likeness (QED) is 0.560. The highest BCUT2D eigenvalue weighted by atomic mass is 15.5. The standard InChI is InChI=1S/C16H24N2/c1-13(2)18(14(3)4)17-12-15(5)11-16-9-7-6-8-10-16/h6-14H,1-5H3/b15-11+,17-12+. The molecule has 0 fully saturated rings. The van der Waals surface area contributed by atoms with Gasteiger partial charge in [0.15, 0.2) is 0 Å². The highest BCUT2D eigenvalue weighted by Crippen LogP contribution is 2.08. The maximum absolute atomic E-state index is 4.56. The topological polar surface area (TPSA) is 15.6 Å². The van der Waals surface area contributed by atoms with Crippen molar-refractivity contribution in [1.29, 1.82) is 0 Å². The maximum atomic E-state index is 4.56. The van der Waals surface area contributed by atoms with Gasteiger partial charge in [0.25, 0.3) is 0 Å². The van der Waals surface area contributed by atoms with Gasteiger partial charge in [0.05, 0.1) is 0 Å². The first-order chi connectivity index (χ1) is 8.50. The fraction of sp³-hybridized carbons (Fsp3) is 0.438. The van der Waals surface area contributed by atoms with Crippen LogP contribution in [0.5, 0.6) is 0 Å². The normalized spacial score (nSPS) is 12.7. The molecule has 98 valence electrons. The average molecular weight is 244 g/mol. The average Bonchev–Trinajstić information content (AvgIpc) is 2.29. The first-order valence-electron chi connectivity index (χ1n) is 6.56. The molecule has 0 radical (unpaired) electrons. The van der Waals surface area contributed by atoms with Crippen molar-refractivity contribution >= 4 is 12.3 Å². The van der Waals surface area contributed by atoms with Crippen LogP contribution < -0.4 is 0 Å². The molecule has 0 aliphatic heterocycles. The third kappa shape index (κ3) is 4.74. The van der Waals surface area contributed by atoms with E-state index in [-0.39, 0.29) is 0 Å². The molecular formula is C16H24N2. The summed E-state index contributed by atoms with van der Waals surface area (Å²) in [6, 6.07) is 11.2. The van der Waals surface area contributed by atoms with E-state index in [4.69, 9.17) is 0 Å². The van der Waals surface area contributed by atoms with Gasteiger partial charge in [-0.3, -0.25) is 5.01 Å². The molecule has 0 atom stereocenters. The van der Waals surface area contributed by atoms with Gasteiger partial charge < -0.3 is 0 Å². The summed E-state index contributed by atoms with van der Waals surface area (Å²) in [7, 11) is 0. The number of hydrogen-bond acceptors (Lipinski definition) is 2. The van der Waals surface area contributed by atoms with Crippen molar-refractivity contribution in [2.24, 2.45) is 5.10 Å². The minimum Gasteiger partial charge on any atom is -0.292 e. The lowest BCUT2D eigenvalue weighted by Crippen LogP contribution is -2.32. The molecule has 0 unspecified atom stereocenters. The van der Waals surface area contributed by atoms with E-state index in [0.717, 1.165) is 5.57 Å². The lowest BCUT2D eigenvalue weighted by Gasteiger charge is -2.27. The van der Waals surface area contributed by atoms with Crippen molar-refractivity contribution in [1.82, 2.24) is 5.01 Å². The molecule has 1 aromatic rings. The molecule has 0 aromatic heterocycles. The van der Waals surface area contributed by atoms with E-state index in [1.54, 1.807) is 0 Å². The van der Waals surface area contributed by atoms with Gasteiger partial charge in [-0.15, -0.1) is 0 Å². The zero-order valence-electron chi connectivity index (χ0n) is 12.1. The monoisotopic (exact) mass is 244 g/mol. The van der Waals surface area contributed by atoms with E-state index in [1.807, 2.05) is 24.4 Å². The second-order valence-electron chi connectivity index (χ2n) is 5.11. The minimum absolute atomic E-state index is 0.422. The Kier molecular flexibility index (Phi) is 5.63. The first-order valence-corrected chi connectivity index (χ1v) is 6.56. The van der Waals surface area contributed by atoms with Crippen LogP contribution in [0.1, 0.15) is 40.2 Å². The van der Waals surface area contributed by atoms with Crippen LogP contribution in [0, 0.1) is 0 Å². The SMILES string of the molecule is CC(/C=N/N(C(C)C)C(C)C)=C\c1ccccc1. The van der Waals surface area contributed by atoms with Crippen LogP contribution in [-0.4, -0.2) is 23.3 Å². The fourth-order valence-corrected chi connectivity index (χ4v) is 1.87. The van der Waals surface area contributed by atoms with Crippen molar-refractivity contribution in [3.8, 4) is 0 Å². The van der Waals surface area contributed by atoms with Crippen LogP contribution in [0.15, 0.2) is 41.0 Å². The van der Waals surface area contributed by atoms with Crippen LogP contribution in [0.4, 0.5) is 0 Å². The Morgan fingerprint density at radius 2 is 1.61 bits per heavy atom. The number of benzene rings is 1. The lowest BCUT2D eigenvalue weighted by atomic mass is 10.1. The molecule has 0 aliphatic carbocycles. The summed E-state index contributed by atoms with van der Waals surface area (Å²) in [6.45, 7) is 10.7. The number of hydrazone groups is 1. The molecule has 0 spiro atoms. The molecule has 18 heavy (non-hydrogen) atoms. The molecule has 0 saturated heterocycles. The zero-order chi connectivity index (χ0) is 13.5. The Bertz CT molecular complexity index is 394. The summed E-state index contributed by atoms with van der Waals surface area (Å²) >= 11 is 0. The predicted octanol–water partition coefficient (Wildman–Crippen LogP) is 4.19. The van der Waals surface area contributed by atoms with Gasteiger partial charge >= 0.3 is 0 Å². The van der Waals surface area contributed by atoms with Gasteiger partial charge in [0.2, 0.25) is 0 Å². The van der Waals surface area contributed by atoms with Gasteiger partial charge in [-0.1, -0.05) is 36.4 Å².